The molecule has 17 heavy (non-hydrogen) atoms. The SMILES string of the molecule is CC(O)Nc1ccc([N+](=O)[O-])cc1OCCO. The molecule has 94 valence electrons. The maximum absolute atomic E-state index is 10.6. The van der Waals surface area contributed by atoms with Gasteiger partial charge >= 0.3 is 0 Å². The minimum absolute atomic E-state index is 0.0235. The molecule has 0 heterocycles. The van der Waals surface area contributed by atoms with Crippen LogP contribution in [0.25, 0.3) is 0 Å². The summed E-state index contributed by atoms with van der Waals surface area (Å²) in [4.78, 5) is 10.0. The predicted molar refractivity (Wildman–Crippen MR) is 61.0 cm³/mol. The number of aliphatic hydroxyl groups excluding tert-OH is 2. The van der Waals surface area contributed by atoms with Gasteiger partial charge in [0.15, 0.2) is 0 Å². The molecule has 1 unspecified atom stereocenters. The Labute approximate surface area is 97.8 Å². The van der Waals surface area contributed by atoms with Crippen molar-refractivity contribution in [3.63, 3.8) is 0 Å². The Bertz CT molecular complexity index is 394. The number of benzene rings is 1. The molecule has 0 aliphatic heterocycles. The first-order chi connectivity index (χ1) is 8.04. The Balaban J connectivity index is 2.98. The van der Waals surface area contributed by atoms with Gasteiger partial charge in [-0.15, -0.1) is 0 Å². The van der Waals surface area contributed by atoms with E-state index < -0.39 is 11.2 Å². The number of nitrogens with zero attached hydrogens (tertiary/aromatic N) is 1. The summed E-state index contributed by atoms with van der Waals surface area (Å²) >= 11 is 0. The van der Waals surface area contributed by atoms with Gasteiger partial charge in [0.25, 0.3) is 5.69 Å². The summed E-state index contributed by atoms with van der Waals surface area (Å²) in [5, 5.41) is 31.1. The van der Waals surface area contributed by atoms with Crippen LogP contribution in [0, 0.1) is 10.1 Å². The number of hydrogen-bond acceptors (Lipinski definition) is 6. The number of anilines is 1. The van der Waals surface area contributed by atoms with Gasteiger partial charge in [-0.05, 0) is 13.0 Å². The lowest BCUT2D eigenvalue weighted by atomic mass is 10.2. The number of rotatable bonds is 6. The van der Waals surface area contributed by atoms with Crippen LogP contribution >= 0.6 is 0 Å². The van der Waals surface area contributed by atoms with Gasteiger partial charge in [0.2, 0.25) is 0 Å². The summed E-state index contributed by atoms with van der Waals surface area (Å²) in [7, 11) is 0. The van der Waals surface area contributed by atoms with Gasteiger partial charge in [0, 0.05) is 6.07 Å². The van der Waals surface area contributed by atoms with Gasteiger partial charge in [0.05, 0.1) is 23.3 Å². The maximum Gasteiger partial charge on any atom is 0.273 e. The van der Waals surface area contributed by atoms with Crippen molar-refractivity contribution in [2.45, 2.75) is 13.2 Å². The van der Waals surface area contributed by atoms with Gasteiger partial charge < -0.3 is 20.3 Å². The van der Waals surface area contributed by atoms with E-state index in [1.807, 2.05) is 0 Å². The highest BCUT2D eigenvalue weighted by Gasteiger charge is 2.12. The molecule has 0 radical (unpaired) electrons. The topological polar surface area (TPSA) is 105 Å². The van der Waals surface area contributed by atoms with Gasteiger partial charge in [-0.25, -0.2) is 0 Å². The first-order valence-electron chi connectivity index (χ1n) is 5.01. The fraction of sp³-hybridized carbons (Fsp3) is 0.400. The smallest absolute Gasteiger partial charge is 0.273 e. The molecule has 0 spiro atoms. The van der Waals surface area contributed by atoms with Gasteiger partial charge in [-0.3, -0.25) is 10.1 Å². The van der Waals surface area contributed by atoms with Crippen molar-refractivity contribution in [3.8, 4) is 5.75 Å². The fourth-order valence-corrected chi connectivity index (χ4v) is 1.24. The Morgan fingerprint density at radius 1 is 1.59 bits per heavy atom. The number of nitrogens with one attached hydrogen (secondary N) is 1. The molecule has 1 aromatic rings. The predicted octanol–water partition coefficient (Wildman–Crippen LogP) is 0.716. The van der Waals surface area contributed by atoms with E-state index in [0.717, 1.165) is 0 Å². The monoisotopic (exact) mass is 242 g/mol. The average Bonchev–Trinajstić information content (AvgIpc) is 2.26. The third kappa shape index (κ3) is 3.89. The molecular weight excluding hydrogens is 228 g/mol. The molecule has 1 aromatic carbocycles. The molecule has 0 fully saturated rings. The molecule has 0 bridgehead atoms. The maximum atomic E-state index is 10.6. The van der Waals surface area contributed by atoms with Crippen LogP contribution < -0.4 is 10.1 Å². The van der Waals surface area contributed by atoms with Gasteiger partial charge in [-0.1, -0.05) is 0 Å². The molecule has 7 nitrogen and oxygen atoms in total. The number of ether oxygens (including phenoxy) is 1. The molecule has 1 atom stereocenters. The zero-order valence-corrected chi connectivity index (χ0v) is 9.29. The largest absolute Gasteiger partial charge is 0.489 e. The second-order valence-corrected chi connectivity index (χ2v) is 3.33. The number of nitro groups is 1. The Morgan fingerprint density at radius 3 is 2.82 bits per heavy atom. The van der Waals surface area contributed by atoms with Gasteiger partial charge in [-0.2, -0.15) is 0 Å². The fourth-order valence-electron chi connectivity index (χ4n) is 1.24. The highest BCUT2D eigenvalue weighted by molar-refractivity contribution is 5.60. The van der Waals surface area contributed by atoms with Crippen LogP contribution in [0.4, 0.5) is 11.4 Å². The van der Waals surface area contributed by atoms with Crippen molar-refractivity contribution in [3.05, 3.63) is 28.3 Å². The molecular formula is C10H14N2O5. The minimum Gasteiger partial charge on any atom is -0.489 e. The van der Waals surface area contributed by atoms with E-state index in [1.165, 1.54) is 25.1 Å². The van der Waals surface area contributed by atoms with E-state index >= 15 is 0 Å². The minimum atomic E-state index is -0.812. The quantitative estimate of drug-likeness (QED) is 0.385. The summed E-state index contributed by atoms with van der Waals surface area (Å²) < 4.78 is 5.15. The highest BCUT2D eigenvalue weighted by Crippen LogP contribution is 2.29. The number of nitro benzene ring substituents is 1. The van der Waals surface area contributed by atoms with E-state index in [1.54, 1.807) is 0 Å². The molecule has 1 rings (SSSR count). The zero-order valence-electron chi connectivity index (χ0n) is 9.29. The molecule has 0 saturated carbocycles. The van der Waals surface area contributed by atoms with E-state index in [9.17, 15) is 15.2 Å². The first kappa shape index (κ1) is 13.2. The van der Waals surface area contributed by atoms with E-state index in [2.05, 4.69) is 5.32 Å². The summed E-state index contributed by atoms with van der Waals surface area (Å²) in [5.41, 5.74) is 0.313. The third-order valence-electron chi connectivity index (χ3n) is 1.89. The molecule has 0 aromatic heterocycles. The standard InChI is InChI=1S/C10H14N2O5/c1-7(14)11-9-3-2-8(12(15)16)6-10(9)17-5-4-13/h2-3,6-7,11,13-14H,4-5H2,1H3. The molecule has 0 aliphatic carbocycles. The lowest BCUT2D eigenvalue weighted by molar-refractivity contribution is -0.384. The van der Waals surface area contributed by atoms with E-state index in [-0.39, 0.29) is 24.7 Å². The molecule has 0 aliphatic rings. The second kappa shape index (κ2) is 6.02. The van der Waals surface area contributed by atoms with Crippen LogP contribution in [0.1, 0.15) is 6.92 Å². The summed E-state index contributed by atoms with van der Waals surface area (Å²) in [6.07, 6.45) is -0.812. The normalized spacial score (nSPS) is 11.9. The van der Waals surface area contributed by atoms with Crippen LogP contribution in [0.5, 0.6) is 5.75 Å². The highest BCUT2D eigenvalue weighted by atomic mass is 16.6. The van der Waals surface area contributed by atoms with Crippen LogP contribution in [-0.2, 0) is 0 Å². The van der Waals surface area contributed by atoms with E-state index in [4.69, 9.17) is 9.84 Å². The summed E-state index contributed by atoms with van der Waals surface area (Å²) in [6.45, 7) is 1.34. The first-order valence-corrected chi connectivity index (χ1v) is 5.01. The van der Waals surface area contributed by atoms with E-state index in [0.29, 0.717) is 5.69 Å². The molecule has 3 N–H and O–H groups in total. The van der Waals surface area contributed by atoms with Crippen LogP contribution in [0.2, 0.25) is 0 Å². The molecule has 0 saturated heterocycles. The van der Waals surface area contributed by atoms with Crippen LogP contribution in [0.15, 0.2) is 18.2 Å². The summed E-state index contributed by atoms with van der Waals surface area (Å²) in [6, 6.07) is 3.98. The third-order valence-corrected chi connectivity index (χ3v) is 1.89. The van der Waals surface area contributed by atoms with Crippen LogP contribution in [0.3, 0.4) is 0 Å². The Kier molecular flexibility index (Phi) is 4.68. The van der Waals surface area contributed by atoms with Crippen molar-refractivity contribution in [2.75, 3.05) is 18.5 Å². The zero-order chi connectivity index (χ0) is 12.8. The lowest BCUT2D eigenvalue weighted by Crippen LogP contribution is -2.15. The number of aliphatic hydroxyl groups is 2. The van der Waals surface area contributed by atoms with Crippen molar-refractivity contribution < 1.29 is 19.9 Å². The van der Waals surface area contributed by atoms with Gasteiger partial charge in [0.1, 0.15) is 18.6 Å². The lowest BCUT2D eigenvalue weighted by Gasteiger charge is -2.14. The number of hydrogen-bond donors (Lipinski definition) is 3. The molecule has 0 amide bonds. The summed E-state index contributed by atoms with van der Waals surface area (Å²) in [5.74, 6) is 0.217. The Morgan fingerprint density at radius 2 is 2.29 bits per heavy atom. The van der Waals surface area contributed by atoms with Crippen molar-refractivity contribution in [1.29, 1.82) is 0 Å². The van der Waals surface area contributed by atoms with Crippen LogP contribution in [-0.4, -0.2) is 34.6 Å². The van der Waals surface area contributed by atoms with Crippen molar-refractivity contribution >= 4 is 11.4 Å². The second-order valence-electron chi connectivity index (χ2n) is 3.33. The number of non-ortho nitro benzene ring substituents is 1. The average molecular weight is 242 g/mol. The van der Waals surface area contributed by atoms with Crippen molar-refractivity contribution in [2.24, 2.45) is 0 Å². The molecule has 7 heteroatoms. The Hall–Kier alpha value is -1.86. The van der Waals surface area contributed by atoms with Crippen molar-refractivity contribution in [1.82, 2.24) is 0 Å².